The summed E-state index contributed by atoms with van der Waals surface area (Å²) in [5.74, 6) is -1.04. The van der Waals surface area contributed by atoms with Crippen LogP contribution in [0.4, 0.5) is 0 Å². The number of pyridine rings is 1. The molecule has 1 N–H and O–H groups in total. The second-order valence-corrected chi connectivity index (χ2v) is 7.50. The highest BCUT2D eigenvalue weighted by Crippen LogP contribution is 2.37. The van der Waals surface area contributed by atoms with Gasteiger partial charge in [0.15, 0.2) is 0 Å². The van der Waals surface area contributed by atoms with Gasteiger partial charge in [0.25, 0.3) is 0 Å². The number of rotatable bonds is 5. The van der Waals surface area contributed by atoms with Crippen LogP contribution in [0.25, 0.3) is 11.3 Å². The monoisotopic (exact) mass is 471 g/mol. The molecule has 2 aromatic carbocycles. The van der Waals surface area contributed by atoms with Crippen LogP contribution < -0.4 is 10.2 Å². The second-order valence-electron chi connectivity index (χ2n) is 5.90. The lowest BCUT2D eigenvalue weighted by Gasteiger charge is -2.20. The molecular weight excluding hydrogens is 460 g/mol. The highest BCUT2D eigenvalue weighted by atomic mass is 35.5. The Morgan fingerprint density at radius 2 is 1.76 bits per heavy atom. The molecule has 0 saturated heterocycles. The third-order valence-corrected chi connectivity index (χ3v) is 5.67. The number of hydrogen-bond acceptors (Lipinski definition) is 3. The standard InChI is InChI=1S/C20H13Cl4NO4/c1-2-25-16(29-15-5-3-4-12(22)18(15)24)9-14(26)17(20(27)28)19(25)10-6-7-11(21)13(23)8-10/h3-9H,2H2,1H3,(H,27,28). The van der Waals surface area contributed by atoms with Crippen molar-refractivity contribution in [3.63, 3.8) is 0 Å². The number of ether oxygens (including phenoxy) is 1. The molecule has 0 aliphatic rings. The van der Waals surface area contributed by atoms with Gasteiger partial charge in [0.1, 0.15) is 16.3 Å². The third kappa shape index (κ3) is 4.23. The molecule has 29 heavy (non-hydrogen) atoms. The minimum atomic E-state index is -1.37. The molecular formula is C20H13Cl4NO4. The molecule has 3 aromatic rings. The number of aromatic carboxylic acids is 1. The Hall–Kier alpha value is -2.18. The Bertz CT molecular complexity index is 1170. The lowest BCUT2D eigenvalue weighted by atomic mass is 10.0. The molecule has 0 radical (unpaired) electrons. The molecule has 0 bridgehead atoms. The van der Waals surface area contributed by atoms with Crippen LogP contribution in [-0.2, 0) is 6.54 Å². The Balaban J connectivity index is 2.30. The van der Waals surface area contributed by atoms with Crippen LogP contribution in [0.5, 0.6) is 11.6 Å². The first kappa shape index (κ1) is 21.5. The fraction of sp³-hybridized carbons (Fsp3) is 0.100. The number of carboxylic acids is 1. The van der Waals surface area contributed by atoms with Crippen molar-refractivity contribution in [1.82, 2.24) is 4.57 Å². The van der Waals surface area contributed by atoms with Crippen molar-refractivity contribution in [1.29, 1.82) is 0 Å². The summed E-state index contributed by atoms with van der Waals surface area (Å²) in [5, 5.41) is 10.6. The zero-order valence-electron chi connectivity index (χ0n) is 14.9. The van der Waals surface area contributed by atoms with Gasteiger partial charge in [0.05, 0.1) is 20.8 Å². The number of benzene rings is 2. The first-order chi connectivity index (χ1) is 13.7. The van der Waals surface area contributed by atoms with E-state index in [-0.39, 0.29) is 32.4 Å². The zero-order valence-corrected chi connectivity index (χ0v) is 17.9. The van der Waals surface area contributed by atoms with Crippen LogP contribution in [0.15, 0.2) is 47.3 Å². The quantitative estimate of drug-likeness (QED) is 0.451. The number of carboxylic acid groups (broad SMARTS) is 1. The van der Waals surface area contributed by atoms with Crippen molar-refractivity contribution in [3.8, 4) is 22.9 Å². The van der Waals surface area contributed by atoms with Crippen molar-refractivity contribution < 1.29 is 14.6 Å². The van der Waals surface area contributed by atoms with Gasteiger partial charge in [-0.1, -0.05) is 58.5 Å². The molecule has 150 valence electrons. The van der Waals surface area contributed by atoms with Crippen molar-refractivity contribution in [2.45, 2.75) is 13.5 Å². The van der Waals surface area contributed by atoms with Gasteiger partial charge >= 0.3 is 5.97 Å². The molecule has 0 unspecified atom stereocenters. The Morgan fingerprint density at radius 3 is 2.38 bits per heavy atom. The fourth-order valence-corrected chi connectivity index (χ4v) is 3.48. The second kappa shape index (κ2) is 8.67. The number of aromatic nitrogens is 1. The molecule has 1 aromatic heterocycles. The fourth-order valence-electron chi connectivity index (χ4n) is 2.85. The Morgan fingerprint density at radius 1 is 1.03 bits per heavy atom. The van der Waals surface area contributed by atoms with Gasteiger partial charge in [0.2, 0.25) is 11.3 Å². The van der Waals surface area contributed by atoms with Crippen LogP contribution >= 0.6 is 46.4 Å². The van der Waals surface area contributed by atoms with E-state index in [1.165, 1.54) is 12.1 Å². The van der Waals surface area contributed by atoms with Crippen molar-refractivity contribution >= 4 is 52.4 Å². The summed E-state index contributed by atoms with van der Waals surface area (Å²) in [5.41, 5.74) is -0.594. The van der Waals surface area contributed by atoms with Crippen LogP contribution in [0.1, 0.15) is 17.3 Å². The summed E-state index contributed by atoms with van der Waals surface area (Å²) < 4.78 is 7.38. The maximum Gasteiger partial charge on any atom is 0.341 e. The SMILES string of the molecule is CCn1c(Oc2cccc(Cl)c2Cl)cc(=O)c(C(=O)O)c1-c1ccc(Cl)c(Cl)c1. The van der Waals surface area contributed by atoms with Crippen molar-refractivity contribution in [2.75, 3.05) is 0 Å². The van der Waals surface area contributed by atoms with E-state index in [1.54, 1.807) is 35.8 Å². The third-order valence-electron chi connectivity index (χ3n) is 4.13. The summed E-state index contributed by atoms with van der Waals surface area (Å²) >= 11 is 24.3. The first-order valence-corrected chi connectivity index (χ1v) is 9.84. The minimum Gasteiger partial charge on any atom is -0.477 e. The lowest BCUT2D eigenvalue weighted by Crippen LogP contribution is -2.21. The Labute approximate surface area is 186 Å². The van der Waals surface area contributed by atoms with E-state index in [0.717, 1.165) is 6.07 Å². The maximum absolute atomic E-state index is 12.6. The van der Waals surface area contributed by atoms with Crippen molar-refractivity contribution in [3.05, 3.63) is 78.3 Å². The van der Waals surface area contributed by atoms with Gasteiger partial charge in [-0.05, 0) is 31.2 Å². The number of hydrogen-bond donors (Lipinski definition) is 1. The van der Waals surface area contributed by atoms with Gasteiger partial charge in [0, 0.05) is 18.2 Å². The molecule has 0 atom stereocenters. The summed E-state index contributed by atoms with van der Waals surface area (Å²) in [4.78, 5) is 24.5. The predicted molar refractivity (Wildman–Crippen MR) is 115 cm³/mol. The number of halogens is 4. The van der Waals surface area contributed by atoms with E-state index in [2.05, 4.69) is 0 Å². The molecule has 9 heteroatoms. The highest BCUT2D eigenvalue weighted by molar-refractivity contribution is 6.43. The van der Waals surface area contributed by atoms with E-state index in [0.29, 0.717) is 17.1 Å². The largest absolute Gasteiger partial charge is 0.477 e. The van der Waals surface area contributed by atoms with Gasteiger partial charge in [-0.3, -0.25) is 4.79 Å². The van der Waals surface area contributed by atoms with E-state index in [4.69, 9.17) is 51.1 Å². The molecule has 0 spiro atoms. The average molecular weight is 473 g/mol. The van der Waals surface area contributed by atoms with Crippen LogP contribution in [-0.4, -0.2) is 15.6 Å². The van der Waals surface area contributed by atoms with E-state index < -0.39 is 17.0 Å². The van der Waals surface area contributed by atoms with Gasteiger partial charge in [-0.15, -0.1) is 0 Å². The van der Waals surface area contributed by atoms with Crippen LogP contribution in [0.3, 0.4) is 0 Å². The average Bonchev–Trinajstić information content (AvgIpc) is 2.67. The van der Waals surface area contributed by atoms with Gasteiger partial charge < -0.3 is 14.4 Å². The van der Waals surface area contributed by atoms with E-state index >= 15 is 0 Å². The zero-order chi connectivity index (χ0) is 21.3. The summed E-state index contributed by atoms with van der Waals surface area (Å²) in [7, 11) is 0. The van der Waals surface area contributed by atoms with E-state index in [9.17, 15) is 14.7 Å². The molecule has 0 fully saturated rings. The summed E-state index contributed by atoms with van der Waals surface area (Å²) in [6, 6.07) is 10.5. The van der Waals surface area contributed by atoms with Crippen molar-refractivity contribution in [2.24, 2.45) is 0 Å². The van der Waals surface area contributed by atoms with Gasteiger partial charge in [-0.2, -0.15) is 0 Å². The topological polar surface area (TPSA) is 68.5 Å². The predicted octanol–water partition coefficient (Wildman–Crippen LogP) is 6.64. The number of carbonyl (C=O) groups is 1. The molecule has 5 nitrogen and oxygen atoms in total. The normalized spacial score (nSPS) is 10.8. The van der Waals surface area contributed by atoms with Gasteiger partial charge in [-0.25, -0.2) is 4.79 Å². The molecule has 0 aliphatic heterocycles. The summed E-state index contributed by atoms with van der Waals surface area (Å²) in [6.45, 7) is 2.08. The molecule has 0 aliphatic carbocycles. The lowest BCUT2D eigenvalue weighted by molar-refractivity contribution is 0.0695. The maximum atomic E-state index is 12.6. The minimum absolute atomic E-state index is 0.104. The first-order valence-electron chi connectivity index (χ1n) is 8.33. The van der Waals surface area contributed by atoms with E-state index in [1.807, 2.05) is 0 Å². The molecule has 1 heterocycles. The van der Waals surface area contributed by atoms with Crippen LogP contribution in [0, 0.1) is 0 Å². The highest BCUT2D eigenvalue weighted by Gasteiger charge is 2.23. The smallest absolute Gasteiger partial charge is 0.341 e. The van der Waals surface area contributed by atoms with Crippen LogP contribution in [0.2, 0.25) is 20.1 Å². The number of nitrogens with zero attached hydrogens (tertiary/aromatic N) is 1. The molecule has 3 rings (SSSR count). The molecule has 0 saturated carbocycles. The summed E-state index contributed by atoms with van der Waals surface area (Å²) in [6.07, 6.45) is 0. The molecule has 0 amide bonds. The Kier molecular flexibility index (Phi) is 6.44.